The number of anilines is 2. The molecular weight excluding hydrogens is 284 g/mol. The lowest BCUT2D eigenvalue weighted by Crippen LogP contribution is -2.49. The Morgan fingerprint density at radius 3 is 1.50 bits per heavy atom. The maximum atomic E-state index is 6.88. The van der Waals surface area contributed by atoms with Gasteiger partial charge in [0.15, 0.2) is 0 Å². The van der Waals surface area contributed by atoms with Gasteiger partial charge >= 0.3 is 8.43 Å². The minimum Gasteiger partial charge on any atom is -0.366 e. The molecule has 111 valence electrons. The van der Waals surface area contributed by atoms with Crippen molar-refractivity contribution < 1.29 is 0 Å². The molecule has 0 aliphatic carbocycles. The maximum absolute atomic E-state index is 6.88. The highest BCUT2D eigenvalue weighted by Gasteiger charge is 2.40. The second-order valence-electron chi connectivity index (χ2n) is 8.05. The van der Waals surface area contributed by atoms with Gasteiger partial charge in [-0.1, -0.05) is 53.7 Å². The number of para-hydroxylation sites is 2. The van der Waals surface area contributed by atoms with E-state index in [4.69, 9.17) is 11.1 Å². The van der Waals surface area contributed by atoms with Crippen LogP contribution in [0.4, 0.5) is 11.4 Å². The maximum Gasteiger partial charge on any atom is 0.414 e. The summed E-state index contributed by atoms with van der Waals surface area (Å²) in [5.41, 5.74) is 3.09. The van der Waals surface area contributed by atoms with Crippen LogP contribution in [-0.2, 0) is 0 Å². The number of rotatable bonds is 2. The van der Waals surface area contributed by atoms with Crippen LogP contribution in [0.2, 0.25) is 0 Å². The molecule has 2 nitrogen and oxygen atoms in total. The zero-order valence-corrected chi connectivity index (χ0v) is 15.3. The second-order valence-corrected chi connectivity index (χ2v) is 10.7. The summed E-state index contributed by atoms with van der Waals surface area (Å²) in [5.74, 6) is 0. The van der Waals surface area contributed by atoms with E-state index in [1.54, 1.807) is 0 Å². The average molecular weight is 310 g/mol. The first-order valence-electron chi connectivity index (χ1n) is 7.25. The monoisotopic (exact) mass is 309 g/mol. The van der Waals surface area contributed by atoms with Gasteiger partial charge in [-0.2, -0.15) is 0 Å². The molecule has 4 heteroatoms. The molecule has 0 amide bonds. The molecule has 1 heterocycles. The van der Waals surface area contributed by atoms with Crippen LogP contribution in [0.3, 0.4) is 0 Å². The normalized spacial score (nSPS) is 16.8. The Hall–Kier alpha value is -0.673. The van der Waals surface area contributed by atoms with Crippen molar-refractivity contribution in [3.63, 3.8) is 0 Å². The predicted molar refractivity (Wildman–Crippen MR) is 91.7 cm³/mol. The fourth-order valence-electron chi connectivity index (χ4n) is 2.51. The number of benzene rings is 1. The van der Waals surface area contributed by atoms with Crippen molar-refractivity contribution in [1.82, 2.24) is 0 Å². The third-order valence-corrected chi connectivity index (χ3v) is 6.09. The van der Waals surface area contributed by atoms with Gasteiger partial charge in [0.05, 0.1) is 11.4 Å². The van der Waals surface area contributed by atoms with E-state index in [0.717, 1.165) is 13.1 Å². The van der Waals surface area contributed by atoms with Gasteiger partial charge in [-0.05, 0) is 23.0 Å². The lowest BCUT2D eigenvalue weighted by Gasteiger charge is -2.33. The third-order valence-electron chi connectivity index (χ3n) is 3.17. The summed E-state index contributed by atoms with van der Waals surface area (Å²) in [4.78, 5) is 0. The van der Waals surface area contributed by atoms with Crippen LogP contribution in [-0.4, -0.2) is 21.5 Å². The van der Waals surface area contributed by atoms with Crippen LogP contribution < -0.4 is 9.13 Å². The molecular formula is C16H26ClN2Si. The summed E-state index contributed by atoms with van der Waals surface area (Å²) in [6, 6.07) is 8.63. The highest BCUT2D eigenvalue weighted by atomic mass is 35.6. The molecule has 0 bridgehead atoms. The fourth-order valence-corrected chi connectivity index (χ4v) is 5.70. The predicted octanol–water partition coefficient (Wildman–Crippen LogP) is 4.63. The number of nitrogens with zero attached hydrogens (tertiary/aromatic N) is 2. The quantitative estimate of drug-likeness (QED) is 0.580. The van der Waals surface area contributed by atoms with Gasteiger partial charge in [0.2, 0.25) is 0 Å². The zero-order chi connectivity index (χ0) is 15.1. The minimum atomic E-state index is -1.22. The molecule has 1 radical (unpaired) electrons. The minimum absolute atomic E-state index is 0.246. The fraction of sp³-hybridized carbons (Fsp3) is 0.625. The Morgan fingerprint density at radius 2 is 1.20 bits per heavy atom. The first-order valence-corrected chi connectivity index (χ1v) is 9.66. The van der Waals surface area contributed by atoms with Gasteiger partial charge in [0, 0.05) is 13.1 Å². The molecule has 0 saturated carbocycles. The highest BCUT2D eigenvalue weighted by Crippen LogP contribution is 2.41. The Balaban J connectivity index is 2.34. The van der Waals surface area contributed by atoms with Gasteiger partial charge in [0.25, 0.3) is 0 Å². The molecule has 0 spiro atoms. The van der Waals surface area contributed by atoms with Crippen molar-refractivity contribution in [2.75, 3.05) is 22.2 Å². The molecule has 1 aromatic carbocycles. The summed E-state index contributed by atoms with van der Waals surface area (Å²) < 4.78 is 4.85. The van der Waals surface area contributed by atoms with Crippen LogP contribution in [0.25, 0.3) is 0 Å². The smallest absolute Gasteiger partial charge is 0.366 e. The molecule has 1 aliphatic rings. The number of fused-ring (bicyclic) bond motifs is 1. The van der Waals surface area contributed by atoms with E-state index in [1.165, 1.54) is 11.4 Å². The van der Waals surface area contributed by atoms with Gasteiger partial charge in [-0.15, -0.1) is 11.1 Å². The molecule has 0 N–H and O–H groups in total. The topological polar surface area (TPSA) is 6.48 Å². The van der Waals surface area contributed by atoms with Crippen LogP contribution in [0.1, 0.15) is 41.5 Å². The van der Waals surface area contributed by atoms with E-state index >= 15 is 0 Å². The van der Waals surface area contributed by atoms with Crippen LogP contribution in [0.15, 0.2) is 24.3 Å². The van der Waals surface area contributed by atoms with Crippen molar-refractivity contribution >= 4 is 30.9 Å². The summed E-state index contributed by atoms with van der Waals surface area (Å²) in [5, 5.41) is 0. The molecule has 1 aliphatic heterocycles. The number of hydrogen-bond acceptors (Lipinski definition) is 2. The Labute approximate surface area is 130 Å². The van der Waals surface area contributed by atoms with Crippen molar-refractivity contribution in [1.29, 1.82) is 0 Å². The van der Waals surface area contributed by atoms with E-state index in [9.17, 15) is 0 Å². The van der Waals surface area contributed by atoms with Crippen LogP contribution in [0.5, 0.6) is 0 Å². The first-order chi connectivity index (χ1) is 9.08. The van der Waals surface area contributed by atoms with E-state index in [0.29, 0.717) is 0 Å². The molecule has 20 heavy (non-hydrogen) atoms. The Kier molecular flexibility index (Phi) is 4.14. The Bertz CT molecular complexity index is 433. The van der Waals surface area contributed by atoms with E-state index < -0.39 is 8.43 Å². The van der Waals surface area contributed by atoms with Gasteiger partial charge in [-0.3, -0.25) is 0 Å². The Morgan fingerprint density at radius 1 is 0.850 bits per heavy atom. The number of hydrogen-bond donors (Lipinski definition) is 0. The SMILES string of the molecule is CC(C)(C)CN1c2ccccc2N(CC(C)(C)C)[Si]1Cl. The van der Waals surface area contributed by atoms with E-state index in [2.05, 4.69) is 74.9 Å². The van der Waals surface area contributed by atoms with E-state index in [1.807, 2.05) is 0 Å². The summed E-state index contributed by atoms with van der Waals surface area (Å²) >= 11 is 6.88. The largest absolute Gasteiger partial charge is 0.414 e. The zero-order valence-electron chi connectivity index (χ0n) is 13.5. The average Bonchev–Trinajstić information content (AvgIpc) is 2.52. The molecule has 0 atom stereocenters. The third kappa shape index (κ3) is 3.50. The molecule has 1 aromatic rings. The first kappa shape index (κ1) is 15.7. The highest BCUT2D eigenvalue weighted by molar-refractivity contribution is 7.11. The van der Waals surface area contributed by atoms with E-state index in [-0.39, 0.29) is 10.8 Å². The molecule has 0 unspecified atom stereocenters. The molecule has 2 rings (SSSR count). The van der Waals surface area contributed by atoms with Crippen LogP contribution in [0, 0.1) is 10.8 Å². The second kappa shape index (κ2) is 5.27. The summed E-state index contributed by atoms with van der Waals surface area (Å²) in [6.45, 7) is 15.6. The van der Waals surface area contributed by atoms with Gasteiger partial charge < -0.3 is 9.13 Å². The molecule has 0 aromatic heterocycles. The molecule has 0 saturated heterocycles. The van der Waals surface area contributed by atoms with Gasteiger partial charge in [0.1, 0.15) is 0 Å². The number of halogens is 1. The molecule has 0 fully saturated rings. The summed E-state index contributed by atoms with van der Waals surface area (Å²) in [6.07, 6.45) is 0. The lowest BCUT2D eigenvalue weighted by atomic mass is 9.96. The van der Waals surface area contributed by atoms with Crippen molar-refractivity contribution in [2.24, 2.45) is 10.8 Å². The standard InChI is InChI=1S/C16H26ClN2Si/c1-15(2,3)11-18-13-9-7-8-10-14(13)19(20(18)17)12-16(4,5)6/h7-10H,11-12H2,1-6H3. The van der Waals surface area contributed by atoms with Crippen molar-refractivity contribution in [3.8, 4) is 0 Å². The van der Waals surface area contributed by atoms with Gasteiger partial charge in [-0.25, -0.2) is 0 Å². The van der Waals surface area contributed by atoms with Crippen molar-refractivity contribution in [2.45, 2.75) is 41.5 Å². The lowest BCUT2D eigenvalue weighted by molar-refractivity contribution is 0.425. The van der Waals surface area contributed by atoms with Crippen LogP contribution >= 0.6 is 11.1 Å². The summed E-state index contributed by atoms with van der Waals surface area (Å²) in [7, 11) is -1.22. The van der Waals surface area contributed by atoms with Crippen molar-refractivity contribution in [3.05, 3.63) is 24.3 Å².